The van der Waals surface area contributed by atoms with Crippen LogP contribution >= 0.6 is 12.4 Å². The minimum Gasteiger partial charge on any atom is -0.481 e. The molecule has 0 heterocycles. The summed E-state index contributed by atoms with van der Waals surface area (Å²) in [7, 11) is 1.28. The van der Waals surface area contributed by atoms with Crippen LogP contribution in [0.3, 0.4) is 0 Å². The molecule has 0 aliphatic carbocycles. The first-order valence-corrected chi connectivity index (χ1v) is 2.95. The number of carboxylic acids is 1. The van der Waals surface area contributed by atoms with Gasteiger partial charge in [-0.05, 0) is 6.42 Å². The zero-order valence-corrected chi connectivity index (χ0v) is 7.02. The summed E-state index contributed by atoms with van der Waals surface area (Å²) < 4.78 is 4.30. The highest BCUT2D eigenvalue weighted by atomic mass is 35.5. The van der Waals surface area contributed by atoms with Gasteiger partial charge in [-0.1, -0.05) is 0 Å². The maximum Gasteiger partial charge on any atom is 0.305 e. The largest absolute Gasteiger partial charge is 0.481 e. The molecule has 0 aromatic carbocycles. The number of hydrogen-bond acceptors (Lipinski definition) is 3. The van der Waals surface area contributed by atoms with Crippen molar-refractivity contribution in [1.29, 1.82) is 0 Å². The lowest BCUT2D eigenvalue weighted by Gasteiger charge is -1.94. The van der Waals surface area contributed by atoms with Gasteiger partial charge in [-0.25, -0.2) is 0 Å². The quantitative estimate of drug-likeness (QED) is 0.655. The van der Waals surface area contributed by atoms with Crippen molar-refractivity contribution in [3.63, 3.8) is 0 Å². The van der Waals surface area contributed by atoms with Crippen LogP contribution in [0.25, 0.3) is 0 Å². The number of hydrogen-bond donors (Lipinski definition) is 1. The average Bonchev–Trinajstić information content (AvgIpc) is 1.87. The molecule has 0 rings (SSSR count). The maximum atomic E-state index is 10.4. The van der Waals surface area contributed by atoms with E-state index in [1.165, 1.54) is 7.11 Å². The number of esters is 1. The second-order valence-corrected chi connectivity index (χ2v) is 1.82. The van der Waals surface area contributed by atoms with Gasteiger partial charge >= 0.3 is 11.9 Å². The second kappa shape index (κ2) is 7.34. The molecule has 66 valence electrons. The molecule has 0 saturated carbocycles. The van der Waals surface area contributed by atoms with Crippen LogP contribution in [0.5, 0.6) is 0 Å². The van der Waals surface area contributed by atoms with E-state index in [0.29, 0.717) is 6.42 Å². The number of carbonyl (C=O) groups is 2. The van der Waals surface area contributed by atoms with Gasteiger partial charge in [-0.2, -0.15) is 0 Å². The number of carbonyl (C=O) groups excluding carboxylic acids is 1. The Labute approximate surface area is 70.9 Å². The topological polar surface area (TPSA) is 63.6 Å². The molecule has 0 aliphatic rings. The molecular weight excluding hydrogens is 172 g/mol. The van der Waals surface area contributed by atoms with Gasteiger partial charge in [0.1, 0.15) is 0 Å². The van der Waals surface area contributed by atoms with Gasteiger partial charge in [-0.3, -0.25) is 9.59 Å². The Morgan fingerprint density at radius 3 is 2.27 bits per heavy atom. The Hall–Kier alpha value is -0.770. The molecule has 0 aliphatic heterocycles. The molecule has 4 nitrogen and oxygen atoms in total. The molecule has 0 radical (unpaired) electrons. The standard InChI is InChI=1S/C6H10O4.ClH/c1-10-6(9)4-2-3-5(7)8;/h2-4H2,1H3,(H,7,8);1H. The maximum absolute atomic E-state index is 10.4. The lowest BCUT2D eigenvalue weighted by molar-refractivity contribution is -0.141. The van der Waals surface area contributed by atoms with Crippen LogP contribution in [-0.4, -0.2) is 24.2 Å². The molecule has 0 saturated heterocycles. The molecule has 0 bridgehead atoms. The van der Waals surface area contributed by atoms with Crippen molar-refractivity contribution in [2.75, 3.05) is 7.11 Å². The van der Waals surface area contributed by atoms with Gasteiger partial charge in [-0.15, -0.1) is 12.4 Å². The Bertz CT molecular complexity index is 135. The highest BCUT2D eigenvalue weighted by molar-refractivity contribution is 5.85. The van der Waals surface area contributed by atoms with Crippen molar-refractivity contribution in [2.45, 2.75) is 19.3 Å². The van der Waals surface area contributed by atoms with E-state index in [9.17, 15) is 9.59 Å². The van der Waals surface area contributed by atoms with Crippen LogP contribution in [0.4, 0.5) is 0 Å². The predicted molar refractivity (Wildman–Crippen MR) is 40.8 cm³/mol. The first-order chi connectivity index (χ1) is 4.66. The normalized spacial score (nSPS) is 8.09. The van der Waals surface area contributed by atoms with E-state index < -0.39 is 5.97 Å². The summed E-state index contributed by atoms with van der Waals surface area (Å²) in [5.41, 5.74) is 0. The van der Waals surface area contributed by atoms with Gasteiger partial charge in [0.05, 0.1) is 7.11 Å². The van der Waals surface area contributed by atoms with Crippen molar-refractivity contribution in [1.82, 2.24) is 0 Å². The van der Waals surface area contributed by atoms with Crippen LogP contribution in [-0.2, 0) is 14.3 Å². The fourth-order valence-corrected chi connectivity index (χ4v) is 0.486. The van der Waals surface area contributed by atoms with Crippen LogP contribution in [0.15, 0.2) is 0 Å². The fraction of sp³-hybridized carbons (Fsp3) is 0.667. The smallest absolute Gasteiger partial charge is 0.305 e. The number of ether oxygens (including phenoxy) is 1. The second-order valence-electron chi connectivity index (χ2n) is 1.82. The molecule has 0 spiro atoms. The van der Waals surface area contributed by atoms with Crippen molar-refractivity contribution in [3.8, 4) is 0 Å². The summed E-state index contributed by atoms with van der Waals surface area (Å²) in [6.07, 6.45) is 0.555. The Morgan fingerprint density at radius 2 is 1.91 bits per heavy atom. The van der Waals surface area contributed by atoms with E-state index in [1.54, 1.807) is 0 Å². The molecule has 0 aromatic heterocycles. The molecule has 0 fully saturated rings. The van der Waals surface area contributed by atoms with Crippen molar-refractivity contribution in [3.05, 3.63) is 0 Å². The number of rotatable bonds is 4. The van der Waals surface area contributed by atoms with E-state index in [2.05, 4.69) is 4.74 Å². The number of methoxy groups -OCH3 is 1. The predicted octanol–water partition coefficient (Wildman–Crippen LogP) is 0.836. The number of carboxylic acid groups (broad SMARTS) is 1. The lowest BCUT2D eigenvalue weighted by atomic mass is 10.2. The Kier molecular flexibility index (Phi) is 8.58. The summed E-state index contributed by atoms with van der Waals surface area (Å²) in [5, 5.41) is 8.15. The summed E-state index contributed by atoms with van der Waals surface area (Å²) in [6.45, 7) is 0. The number of aliphatic carboxylic acids is 1. The first kappa shape index (κ1) is 12.9. The fourth-order valence-electron chi connectivity index (χ4n) is 0.486. The third kappa shape index (κ3) is 9.23. The van der Waals surface area contributed by atoms with E-state index in [0.717, 1.165) is 0 Å². The van der Waals surface area contributed by atoms with E-state index in [-0.39, 0.29) is 31.2 Å². The summed E-state index contributed by atoms with van der Waals surface area (Å²) in [6, 6.07) is 0. The van der Waals surface area contributed by atoms with Crippen LogP contribution in [0.2, 0.25) is 0 Å². The highest BCUT2D eigenvalue weighted by Gasteiger charge is 2.01. The monoisotopic (exact) mass is 182 g/mol. The molecule has 0 atom stereocenters. The lowest BCUT2D eigenvalue weighted by Crippen LogP contribution is -2.02. The van der Waals surface area contributed by atoms with E-state index in [1.807, 2.05) is 0 Å². The van der Waals surface area contributed by atoms with Crippen LogP contribution in [0, 0.1) is 0 Å². The van der Waals surface area contributed by atoms with Gasteiger partial charge in [0, 0.05) is 12.8 Å². The van der Waals surface area contributed by atoms with Crippen LogP contribution < -0.4 is 0 Å². The van der Waals surface area contributed by atoms with Gasteiger partial charge in [0.15, 0.2) is 0 Å². The van der Waals surface area contributed by atoms with Gasteiger partial charge < -0.3 is 9.84 Å². The Balaban J connectivity index is 0. The minimum atomic E-state index is -0.885. The zero-order chi connectivity index (χ0) is 7.98. The third-order valence-corrected chi connectivity index (χ3v) is 0.999. The molecule has 11 heavy (non-hydrogen) atoms. The van der Waals surface area contributed by atoms with Crippen molar-refractivity contribution in [2.24, 2.45) is 0 Å². The molecule has 1 N–H and O–H groups in total. The molecule has 5 heteroatoms. The minimum absolute atomic E-state index is 0. The Morgan fingerprint density at radius 1 is 1.36 bits per heavy atom. The summed E-state index contributed by atoms with van der Waals surface area (Å²) in [4.78, 5) is 20.3. The molecule has 0 amide bonds. The molecular formula is C6H11ClO4. The average molecular weight is 183 g/mol. The third-order valence-electron chi connectivity index (χ3n) is 0.999. The van der Waals surface area contributed by atoms with Crippen LogP contribution in [0.1, 0.15) is 19.3 Å². The highest BCUT2D eigenvalue weighted by Crippen LogP contribution is 1.95. The van der Waals surface area contributed by atoms with E-state index in [4.69, 9.17) is 5.11 Å². The van der Waals surface area contributed by atoms with Gasteiger partial charge in [0.2, 0.25) is 0 Å². The first-order valence-electron chi connectivity index (χ1n) is 2.95. The van der Waals surface area contributed by atoms with Crippen molar-refractivity contribution >= 4 is 24.3 Å². The van der Waals surface area contributed by atoms with E-state index >= 15 is 0 Å². The molecule has 0 unspecified atom stereocenters. The zero-order valence-electron chi connectivity index (χ0n) is 6.20. The van der Waals surface area contributed by atoms with Crippen molar-refractivity contribution < 1.29 is 19.4 Å². The SMILES string of the molecule is COC(=O)CCCC(=O)O.Cl. The summed E-state index contributed by atoms with van der Waals surface area (Å²) in [5.74, 6) is -1.25. The number of halogens is 1. The molecule has 0 aromatic rings. The van der Waals surface area contributed by atoms with Gasteiger partial charge in [0.25, 0.3) is 0 Å². The summed E-state index contributed by atoms with van der Waals surface area (Å²) >= 11 is 0.